The lowest BCUT2D eigenvalue weighted by molar-refractivity contribution is 0.376. The molecule has 2 aromatic rings. The van der Waals surface area contributed by atoms with Gasteiger partial charge in [0.05, 0.1) is 0 Å². The van der Waals surface area contributed by atoms with Crippen LogP contribution in [0.4, 0.5) is 22.0 Å². The Labute approximate surface area is 105 Å². The second kappa shape index (κ2) is 5.11. The predicted octanol–water partition coefficient (Wildman–Crippen LogP) is 3.78. The van der Waals surface area contributed by atoms with Gasteiger partial charge in [0, 0.05) is 5.56 Å². The van der Waals surface area contributed by atoms with Gasteiger partial charge in [0.15, 0.2) is 23.3 Å². The molecule has 0 aromatic heterocycles. The van der Waals surface area contributed by atoms with Gasteiger partial charge in [-0.15, -0.1) is 0 Å². The van der Waals surface area contributed by atoms with E-state index < -0.39 is 34.6 Å². The SMILES string of the molecule is Fc1c(F)c(F)c(C#Cc2ccccc2)c(F)c1F. The van der Waals surface area contributed by atoms with Crippen LogP contribution in [0, 0.1) is 40.9 Å². The molecular formula is C14H5F5. The molecule has 0 nitrogen and oxygen atoms in total. The molecule has 0 unspecified atom stereocenters. The molecule has 0 fully saturated rings. The summed E-state index contributed by atoms with van der Waals surface area (Å²) >= 11 is 0. The van der Waals surface area contributed by atoms with Gasteiger partial charge in [-0.2, -0.15) is 0 Å². The van der Waals surface area contributed by atoms with Gasteiger partial charge in [-0.25, -0.2) is 22.0 Å². The number of hydrogen-bond donors (Lipinski definition) is 0. The van der Waals surface area contributed by atoms with Gasteiger partial charge in [-0.05, 0) is 12.1 Å². The number of benzene rings is 2. The zero-order valence-electron chi connectivity index (χ0n) is 9.28. The Morgan fingerprint density at radius 1 is 0.579 bits per heavy atom. The van der Waals surface area contributed by atoms with Crippen LogP contribution in [-0.2, 0) is 0 Å². The Kier molecular flexibility index (Phi) is 3.52. The van der Waals surface area contributed by atoms with Gasteiger partial charge < -0.3 is 0 Å². The molecule has 0 aliphatic heterocycles. The first kappa shape index (κ1) is 13.1. The smallest absolute Gasteiger partial charge is 0.200 e. The molecule has 2 rings (SSSR count). The van der Waals surface area contributed by atoms with Crippen molar-refractivity contribution in [1.29, 1.82) is 0 Å². The van der Waals surface area contributed by atoms with Gasteiger partial charge in [-0.1, -0.05) is 30.0 Å². The zero-order chi connectivity index (χ0) is 14.0. The third-order valence-electron chi connectivity index (χ3n) is 2.32. The quantitative estimate of drug-likeness (QED) is 0.295. The van der Waals surface area contributed by atoms with E-state index in [9.17, 15) is 22.0 Å². The summed E-state index contributed by atoms with van der Waals surface area (Å²) in [6.45, 7) is 0. The van der Waals surface area contributed by atoms with Crippen LogP contribution in [-0.4, -0.2) is 0 Å². The molecule has 0 amide bonds. The highest BCUT2D eigenvalue weighted by molar-refractivity contribution is 5.44. The van der Waals surface area contributed by atoms with Gasteiger partial charge in [0.25, 0.3) is 0 Å². The highest BCUT2D eigenvalue weighted by atomic mass is 19.2. The maximum Gasteiger partial charge on any atom is 0.200 e. The summed E-state index contributed by atoms with van der Waals surface area (Å²) in [5, 5.41) is 0. The van der Waals surface area contributed by atoms with Gasteiger partial charge in [0.2, 0.25) is 5.82 Å². The molecule has 0 saturated heterocycles. The molecule has 0 N–H and O–H groups in total. The highest BCUT2D eigenvalue weighted by Crippen LogP contribution is 2.22. The monoisotopic (exact) mass is 268 g/mol. The zero-order valence-corrected chi connectivity index (χ0v) is 9.28. The summed E-state index contributed by atoms with van der Waals surface area (Å²) in [4.78, 5) is 0. The maximum atomic E-state index is 13.3. The van der Waals surface area contributed by atoms with Crippen molar-refractivity contribution in [1.82, 2.24) is 0 Å². The Balaban J connectivity index is 2.57. The van der Waals surface area contributed by atoms with E-state index in [4.69, 9.17) is 0 Å². The average Bonchev–Trinajstić information content (AvgIpc) is 2.44. The van der Waals surface area contributed by atoms with E-state index in [1.165, 1.54) is 0 Å². The number of rotatable bonds is 0. The molecular weight excluding hydrogens is 263 g/mol. The fraction of sp³-hybridized carbons (Fsp3) is 0. The second-order valence-electron chi connectivity index (χ2n) is 3.56. The van der Waals surface area contributed by atoms with Crippen LogP contribution in [0.25, 0.3) is 0 Å². The Morgan fingerprint density at radius 3 is 1.58 bits per heavy atom. The van der Waals surface area contributed by atoms with Crippen LogP contribution < -0.4 is 0 Å². The van der Waals surface area contributed by atoms with Gasteiger partial charge >= 0.3 is 0 Å². The normalized spacial score (nSPS) is 9.95. The summed E-state index contributed by atoms with van der Waals surface area (Å²) < 4.78 is 65.1. The van der Waals surface area contributed by atoms with Crippen molar-refractivity contribution in [3.63, 3.8) is 0 Å². The molecule has 0 saturated carbocycles. The molecule has 96 valence electrons. The molecule has 0 radical (unpaired) electrons. The standard InChI is InChI=1S/C14H5F5/c15-10-9(7-6-8-4-2-1-3-5-8)11(16)13(18)14(19)12(10)17/h1-5H. The Morgan fingerprint density at radius 2 is 1.05 bits per heavy atom. The predicted molar refractivity (Wildman–Crippen MR) is 58.7 cm³/mol. The van der Waals surface area contributed by atoms with Crippen molar-refractivity contribution in [2.45, 2.75) is 0 Å². The molecule has 0 aliphatic rings. The summed E-state index contributed by atoms with van der Waals surface area (Å²) in [7, 11) is 0. The summed E-state index contributed by atoms with van der Waals surface area (Å²) in [6.07, 6.45) is 0. The van der Waals surface area contributed by atoms with Gasteiger partial charge in [-0.3, -0.25) is 0 Å². The maximum absolute atomic E-state index is 13.3. The average molecular weight is 268 g/mol. The van der Waals surface area contributed by atoms with Crippen LogP contribution >= 0.6 is 0 Å². The first-order valence-electron chi connectivity index (χ1n) is 5.11. The van der Waals surface area contributed by atoms with Crippen LogP contribution in [0.15, 0.2) is 30.3 Å². The fourth-order valence-corrected chi connectivity index (χ4v) is 1.37. The van der Waals surface area contributed by atoms with Crippen molar-refractivity contribution in [3.8, 4) is 11.8 Å². The van der Waals surface area contributed by atoms with Crippen LogP contribution in [0.2, 0.25) is 0 Å². The largest absolute Gasteiger partial charge is 0.202 e. The summed E-state index contributed by atoms with van der Waals surface area (Å²) in [6, 6.07) is 8.03. The van der Waals surface area contributed by atoms with E-state index in [0.717, 1.165) is 0 Å². The summed E-state index contributed by atoms with van der Waals surface area (Å²) in [5.74, 6) is -5.77. The minimum atomic E-state index is -2.19. The highest BCUT2D eigenvalue weighted by Gasteiger charge is 2.24. The van der Waals surface area contributed by atoms with Crippen molar-refractivity contribution in [2.75, 3.05) is 0 Å². The van der Waals surface area contributed by atoms with E-state index in [2.05, 4.69) is 5.92 Å². The van der Waals surface area contributed by atoms with E-state index in [0.29, 0.717) is 5.56 Å². The van der Waals surface area contributed by atoms with Crippen molar-refractivity contribution in [3.05, 3.63) is 70.5 Å². The Hall–Kier alpha value is -2.35. The Bertz CT molecular complexity index is 651. The molecule has 0 spiro atoms. The number of hydrogen-bond acceptors (Lipinski definition) is 0. The first-order valence-corrected chi connectivity index (χ1v) is 5.11. The van der Waals surface area contributed by atoms with Crippen molar-refractivity contribution in [2.24, 2.45) is 0 Å². The van der Waals surface area contributed by atoms with E-state index in [-0.39, 0.29) is 0 Å². The molecule has 0 aliphatic carbocycles. The molecule has 5 heteroatoms. The lowest BCUT2D eigenvalue weighted by Gasteiger charge is -2.02. The molecule has 0 bridgehead atoms. The lowest BCUT2D eigenvalue weighted by Crippen LogP contribution is -2.04. The number of halogens is 5. The first-order chi connectivity index (χ1) is 9.02. The fourth-order valence-electron chi connectivity index (χ4n) is 1.37. The van der Waals surface area contributed by atoms with Crippen LogP contribution in [0.3, 0.4) is 0 Å². The van der Waals surface area contributed by atoms with E-state index in [1.807, 2.05) is 5.92 Å². The van der Waals surface area contributed by atoms with Crippen LogP contribution in [0.5, 0.6) is 0 Å². The van der Waals surface area contributed by atoms with E-state index >= 15 is 0 Å². The molecule has 19 heavy (non-hydrogen) atoms. The topological polar surface area (TPSA) is 0 Å². The molecule has 0 atom stereocenters. The third-order valence-corrected chi connectivity index (χ3v) is 2.32. The van der Waals surface area contributed by atoms with E-state index in [1.54, 1.807) is 30.3 Å². The third kappa shape index (κ3) is 2.43. The lowest BCUT2D eigenvalue weighted by atomic mass is 10.1. The minimum Gasteiger partial charge on any atom is -0.202 e. The second-order valence-corrected chi connectivity index (χ2v) is 3.56. The summed E-state index contributed by atoms with van der Waals surface area (Å²) in [5.41, 5.74) is -0.744. The van der Waals surface area contributed by atoms with Crippen molar-refractivity contribution >= 4 is 0 Å². The minimum absolute atomic E-state index is 0.395. The van der Waals surface area contributed by atoms with Gasteiger partial charge in [0.1, 0.15) is 5.56 Å². The van der Waals surface area contributed by atoms with Crippen LogP contribution in [0.1, 0.15) is 11.1 Å². The van der Waals surface area contributed by atoms with Crippen molar-refractivity contribution < 1.29 is 22.0 Å². The molecule has 2 aromatic carbocycles. The molecule has 0 heterocycles.